The Kier molecular flexibility index (Phi) is 5.23. The predicted octanol–water partition coefficient (Wildman–Crippen LogP) is 5.26. The van der Waals surface area contributed by atoms with Crippen LogP contribution in [0.2, 0.25) is 0 Å². The first kappa shape index (κ1) is 19.6. The Morgan fingerprint density at radius 1 is 0.800 bits per heavy atom. The minimum Gasteiger partial charge on any atom is -0.350 e. The molecule has 0 aliphatic carbocycles. The van der Waals surface area contributed by atoms with Crippen molar-refractivity contribution in [3.63, 3.8) is 0 Å². The van der Waals surface area contributed by atoms with E-state index in [9.17, 15) is 9.59 Å². The van der Waals surface area contributed by atoms with Gasteiger partial charge >= 0.3 is 0 Å². The van der Waals surface area contributed by atoms with Crippen molar-refractivity contribution in [1.29, 1.82) is 0 Å². The molecule has 1 aliphatic rings. The SMILES string of the molecule is CCc1ccc(N2C(=O)C(Nc3ccccc3)=C(c3ccc(C)c(C)c3)C2=O)cc1. The predicted molar refractivity (Wildman–Crippen MR) is 121 cm³/mol. The van der Waals surface area contributed by atoms with Crippen molar-refractivity contribution in [2.24, 2.45) is 0 Å². The molecule has 150 valence electrons. The highest BCUT2D eigenvalue weighted by atomic mass is 16.2. The number of nitrogens with one attached hydrogen (secondary N) is 1. The van der Waals surface area contributed by atoms with Crippen LogP contribution < -0.4 is 10.2 Å². The molecule has 4 rings (SSSR count). The van der Waals surface area contributed by atoms with E-state index in [0.717, 1.165) is 34.4 Å². The van der Waals surface area contributed by atoms with Gasteiger partial charge in [0.2, 0.25) is 0 Å². The number of benzene rings is 3. The summed E-state index contributed by atoms with van der Waals surface area (Å²) in [6.45, 7) is 6.11. The molecule has 4 heteroatoms. The van der Waals surface area contributed by atoms with Gasteiger partial charge < -0.3 is 5.32 Å². The summed E-state index contributed by atoms with van der Waals surface area (Å²) in [6.07, 6.45) is 0.898. The van der Waals surface area contributed by atoms with E-state index in [1.165, 1.54) is 4.90 Å². The van der Waals surface area contributed by atoms with Crippen molar-refractivity contribution in [1.82, 2.24) is 0 Å². The molecule has 0 saturated heterocycles. The molecule has 30 heavy (non-hydrogen) atoms. The van der Waals surface area contributed by atoms with Crippen LogP contribution in [-0.2, 0) is 16.0 Å². The van der Waals surface area contributed by atoms with Gasteiger partial charge in [0.05, 0.1) is 11.3 Å². The van der Waals surface area contributed by atoms with Crippen LogP contribution in [0.1, 0.15) is 29.2 Å². The van der Waals surface area contributed by atoms with E-state index in [0.29, 0.717) is 17.0 Å². The Bertz CT molecular complexity index is 1150. The molecule has 3 aromatic carbocycles. The number of anilines is 2. The standard InChI is InChI=1S/C26H24N2O2/c1-4-19-11-14-22(15-12-19)28-25(29)23(20-13-10-17(2)18(3)16-20)24(26(28)30)27-21-8-6-5-7-9-21/h5-16,27H,4H2,1-3H3. The van der Waals surface area contributed by atoms with Crippen molar-refractivity contribution in [2.45, 2.75) is 27.2 Å². The first-order valence-corrected chi connectivity index (χ1v) is 10.1. The maximum Gasteiger partial charge on any atom is 0.282 e. The Labute approximate surface area is 176 Å². The molecule has 0 spiro atoms. The van der Waals surface area contributed by atoms with Crippen LogP contribution in [0.15, 0.2) is 78.5 Å². The Balaban J connectivity index is 1.82. The normalized spacial score (nSPS) is 13.9. The van der Waals surface area contributed by atoms with Gasteiger partial charge in [-0.2, -0.15) is 0 Å². The number of carbonyl (C=O) groups is 2. The molecule has 0 saturated carbocycles. The number of rotatable bonds is 5. The monoisotopic (exact) mass is 396 g/mol. The third kappa shape index (κ3) is 3.52. The van der Waals surface area contributed by atoms with Gasteiger partial charge in [-0.25, -0.2) is 4.90 Å². The lowest BCUT2D eigenvalue weighted by Gasteiger charge is -2.16. The van der Waals surface area contributed by atoms with Gasteiger partial charge in [-0.05, 0) is 66.8 Å². The summed E-state index contributed by atoms with van der Waals surface area (Å²) in [5.41, 5.74) is 6.14. The molecule has 0 atom stereocenters. The van der Waals surface area contributed by atoms with E-state index in [2.05, 4.69) is 12.2 Å². The lowest BCUT2D eigenvalue weighted by molar-refractivity contribution is -0.120. The summed E-state index contributed by atoms with van der Waals surface area (Å²) in [7, 11) is 0. The molecule has 0 radical (unpaired) electrons. The van der Waals surface area contributed by atoms with Crippen LogP contribution in [-0.4, -0.2) is 11.8 Å². The maximum absolute atomic E-state index is 13.5. The fourth-order valence-corrected chi connectivity index (χ4v) is 3.59. The van der Waals surface area contributed by atoms with Crippen molar-refractivity contribution in [3.05, 3.63) is 101 Å². The summed E-state index contributed by atoms with van der Waals surface area (Å²) in [5, 5.41) is 3.19. The van der Waals surface area contributed by atoms with Crippen molar-refractivity contribution < 1.29 is 9.59 Å². The highest BCUT2D eigenvalue weighted by Crippen LogP contribution is 2.34. The topological polar surface area (TPSA) is 49.4 Å². The second-order valence-electron chi connectivity index (χ2n) is 7.51. The molecule has 0 unspecified atom stereocenters. The smallest absolute Gasteiger partial charge is 0.282 e. The van der Waals surface area contributed by atoms with Crippen LogP contribution in [0.4, 0.5) is 11.4 Å². The lowest BCUT2D eigenvalue weighted by atomic mass is 9.99. The van der Waals surface area contributed by atoms with E-state index in [-0.39, 0.29) is 11.8 Å². The maximum atomic E-state index is 13.5. The highest BCUT2D eigenvalue weighted by Gasteiger charge is 2.40. The minimum absolute atomic E-state index is 0.300. The second-order valence-corrected chi connectivity index (χ2v) is 7.51. The molecule has 0 bridgehead atoms. The van der Waals surface area contributed by atoms with Crippen LogP contribution in [0, 0.1) is 13.8 Å². The fourth-order valence-electron chi connectivity index (χ4n) is 3.59. The van der Waals surface area contributed by atoms with Crippen LogP contribution in [0.5, 0.6) is 0 Å². The second kappa shape index (κ2) is 7.99. The number of nitrogens with zero attached hydrogens (tertiary/aromatic N) is 1. The Morgan fingerprint density at radius 2 is 1.50 bits per heavy atom. The van der Waals surface area contributed by atoms with Gasteiger partial charge in [0.25, 0.3) is 11.8 Å². The number of carbonyl (C=O) groups excluding carboxylic acids is 2. The summed E-state index contributed by atoms with van der Waals surface area (Å²) in [4.78, 5) is 28.1. The van der Waals surface area contributed by atoms with Crippen LogP contribution >= 0.6 is 0 Å². The molecule has 1 heterocycles. The molecule has 1 N–H and O–H groups in total. The van der Waals surface area contributed by atoms with E-state index < -0.39 is 0 Å². The molecular weight excluding hydrogens is 372 g/mol. The van der Waals surface area contributed by atoms with Crippen molar-refractivity contribution in [2.75, 3.05) is 10.2 Å². The molecule has 0 aromatic heterocycles. The minimum atomic E-state index is -0.346. The summed E-state index contributed by atoms with van der Waals surface area (Å²) in [6, 6.07) is 22.9. The first-order valence-electron chi connectivity index (χ1n) is 10.1. The van der Waals surface area contributed by atoms with Crippen molar-refractivity contribution >= 4 is 28.8 Å². The van der Waals surface area contributed by atoms with E-state index in [1.807, 2.05) is 86.6 Å². The summed E-state index contributed by atoms with van der Waals surface area (Å²) in [5.74, 6) is -0.660. The zero-order valence-electron chi connectivity index (χ0n) is 17.4. The Hall–Kier alpha value is -3.66. The third-order valence-electron chi connectivity index (χ3n) is 5.53. The highest BCUT2D eigenvalue weighted by molar-refractivity contribution is 6.46. The number of hydrogen-bond acceptors (Lipinski definition) is 3. The van der Waals surface area contributed by atoms with E-state index >= 15 is 0 Å². The number of aryl methyl sites for hydroxylation is 3. The number of hydrogen-bond donors (Lipinski definition) is 1. The van der Waals surface area contributed by atoms with E-state index in [1.54, 1.807) is 0 Å². The van der Waals surface area contributed by atoms with E-state index in [4.69, 9.17) is 0 Å². The average Bonchev–Trinajstić information content (AvgIpc) is 3.00. The van der Waals surface area contributed by atoms with Gasteiger partial charge in [0.15, 0.2) is 0 Å². The summed E-state index contributed by atoms with van der Waals surface area (Å²) >= 11 is 0. The van der Waals surface area contributed by atoms with Crippen LogP contribution in [0.25, 0.3) is 5.57 Å². The third-order valence-corrected chi connectivity index (χ3v) is 5.53. The Morgan fingerprint density at radius 3 is 2.13 bits per heavy atom. The van der Waals surface area contributed by atoms with Gasteiger partial charge in [-0.15, -0.1) is 0 Å². The van der Waals surface area contributed by atoms with Gasteiger partial charge in [0.1, 0.15) is 5.70 Å². The van der Waals surface area contributed by atoms with Gasteiger partial charge in [-0.1, -0.05) is 55.5 Å². The summed E-state index contributed by atoms with van der Waals surface area (Å²) < 4.78 is 0. The largest absolute Gasteiger partial charge is 0.350 e. The molecule has 0 fully saturated rings. The first-order chi connectivity index (χ1) is 14.5. The van der Waals surface area contributed by atoms with Gasteiger partial charge in [-0.3, -0.25) is 9.59 Å². The zero-order valence-corrected chi connectivity index (χ0v) is 17.4. The number of imide groups is 1. The zero-order chi connectivity index (χ0) is 21.3. The van der Waals surface area contributed by atoms with Crippen molar-refractivity contribution in [3.8, 4) is 0 Å². The van der Waals surface area contributed by atoms with Crippen LogP contribution in [0.3, 0.4) is 0 Å². The molecule has 1 aliphatic heterocycles. The molecular formula is C26H24N2O2. The molecule has 3 aromatic rings. The molecule has 4 nitrogen and oxygen atoms in total. The molecule has 2 amide bonds. The van der Waals surface area contributed by atoms with Gasteiger partial charge in [0, 0.05) is 5.69 Å². The average molecular weight is 396 g/mol. The quantitative estimate of drug-likeness (QED) is 0.598. The lowest BCUT2D eigenvalue weighted by Crippen LogP contribution is -2.32. The fraction of sp³-hybridized carbons (Fsp3) is 0.154. The number of para-hydroxylation sites is 1. The number of amides is 2.